The van der Waals surface area contributed by atoms with Gasteiger partial charge in [-0.25, -0.2) is 4.98 Å². The Morgan fingerprint density at radius 3 is 2.64 bits per heavy atom. The number of anilines is 2. The molecular formula is C14H8Cl3N3OS. The van der Waals surface area contributed by atoms with Crippen molar-refractivity contribution in [3.05, 3.63) is 51.0 Å². The van der Waals surface area contributed by atoms with E-state index in [2.05, 4.69) is 10.3 Å². The van der Waals surface area contributed by atoms with E-state index in [-0.39, 0.29) is 10.9 Å². The van der Waals surface area contributed by atoms with Gasteiger partial charge in [0, 0.05) is 10.7 Å². The quantitative estimate of drug-likeness (QED) is 0.658. The maximum absolute atomic E-state index is 12.3. The number of nitrogens with two attached hydrogens (primary N) is 1. The van der Waals surface area contributed by atoms with Crippen LogP contribution in [-0.2, 0) is 0 Å². The van der Waals surface area contributed by atoms with E-state index < -0.39 is 0 Å². The average molecular weight is 373 g/mol. The Morgan fingerprint density at radius 1 is 1.14 bits per heavy atom. The van der Waals surface area contributed by atoms with Crippen LogP contribution in [0, 0.1) is 0 Å². The van der Waals surface area contributed by atoms with Gasteiger partial charge >= 0.3 is 0 Å². The van der Waals surface area contributed by atoms with Crippen LogP contribution in [0.1, 0.15) is 10.4 Å². The summed E-state index contributed by atoms with van der Waals surface area (Å²) in [4.78, 5) is 16.4. The van der Waals surface area contributed by atoms with E-state index in [1.807, 2.05) is 0 Å². The number of benzene rings is 2. The lowest BCUT2D eigenvalue weighted by molar-refractivity contribution is 0.102. The number of hydrogen-bond donors (Lipinski definition) is 2. The second-order valence-corrected chi connectivity index (χ2v) is 6.75. The zero-order valence-corrected chi connectivity index (χ0v) is 13.9. The lowest BCUT2D eigenvalue weighted by Gasteiger charge is -2.07. The molecule has 2 aromatic carbocycles. The smallest absolute Gasteiger partial charge is 0.257 e. The number of aromatic nitrogens is 1. The molecule has 0 radical (unpaired) electrons. The summed E-state index contributed by atoms with van der Waals surface area (Å²) in [5, 5.41) is 4.33. The summed E-state index contributed by atoms with van der Waals surface area (Å²) in [5.41, 5.74) is 7.15. The number of rotatable bonds is 2. The summed E-state index contributed by atoms with van der Waals surface area (Å²) in [6.45, 7) is 0. The highest BCUT2D eigenvalue weighted by atomic mass is 35.5. The highest BCUT2D eigenvalue weighted by Gasteiger charge is 2.13. The molecule has 0 atom stereocenters. The van der Waals surface area contributed by atoms with Crippen LogP contribution in [0.15, 0.2) is 30.3 Å². The number of hydrogen-bond acceptors (Lipinski definition) is 4. The SMILES string of the molecule is Nc1nc2c(Cl)cc(NC(=O)c3ccc(Cl)cc3Cl)cc2s1. The van der Waals surface area contributed by atoms with E-state index in [0.29, 0.717) is 31.9 Å². The molecule has 0 saturated heterocycles. The molecule has 3 N–H and O–H groups in total. The van der Waals surface area contributed by atoms with Crippen molar-refractivity contribution in [2.24, 2.45) is 0 Å². The van der Waals surface area contributed by atoms with Crippen LogP contribution >= 0.6 is 46.1 Å². The molecule has 0 unspecified atom stereocenters. The Labute approximate surface area is 144 Å². The fourth-order valence-corrected chi connectivity index (χ4v) is 3.56. The molecule has 1 amide bonds. The first-order valence-corrected chi connectivity index (χ1v) is 8.01. The van der Waals surface area contributed by atoms with Crippen molar-refractivity contribution in [2.75, 3.05) is 11.1 Å². The predicted octanol–water partition coefficient (Wildman–Crippen LogP) is 5.09. The fourth-order valence-electron chi connectivity index (χ4n) is 1.95. The van der Waals surface area contributed by atoms with Gasteiger partial charge in [-0.3, -0.25) is 4.79 Å². The zero-order valence-electron chi connectivity index (χ0n) is 10.9. The van der Waals surface area contributed by atoms with Gasteiger partial charge in [0.2, 0.25) is 0 Å². The summed E-state index contributed by atoms with van der Waals surface area (Å²) >= 11 is 19.3. The van der Waals surface area contributed by atoms with E-state index in [0.717, 1.165) is 4.70 Å². The second kappa shape index (κ2) is 5.93. The van der Waals surface area contributed by atoms with Crippen molar-refractivity contribution < 1.29 is 4.79 Å². The molecule has 0 fully saturated rings. The number of carbonyl (C=O) groups excluding carboxylic acids is 1. The Hall–Kier alpha value is -1.53. The molecule has 0 bridgehead atoms. The predicted molar refractivity (Wildman–Crippen MR) is 93.5 cm³/mol. The molecule has 3 aromatic rings. The summed E-state index contributed by atoms with van der Waals surface area (Å²) in [6, 6.07) is 8.05. The molecule has 0 spiro atoms. The Kier molecular flexibility index (Phi) is 4.14. The summed E-state index contributed by atoms with van der Waals surface area (Å²) in [6.07, 6.45) is 0. The zero-order chi connectivity index (χ0) is 15.9. The van der Waals surface area contributed by atoms with E-state index in [1.54, 1.807) is 24.3 Å². The summed E-state index contributed by atoms with van der Waals surface area (Å²) in [7, 11) is 0. The first-order valence-electron chi connectivity index (χ1n) is 6.06. The number of amides is 1. The summed E-state index contributed by atoms with van der Waals surface area (Å²) in [5.74, 6) is -0.352. The topological polar surface area (TPSA) is 68.0 Å². The molecular weight excluding hydrogens is 365 g/mol. The van der Waals surface area contributed by atoms with Gasteiger partial charge in [-0.1, -0.05) is 46.1 Å². The van der Waals surface area contributed by atoms with Crippen molar-refractivity contribution in [3.63, 3.8) is 0 Å². The Bertz CT molecular complexity index is 894. The van der Waals surface area contributed by atoms with Gasteiger partial charge < -0.3 is 11.1 Å². The molecule has 112 valence electrons. The van der Waals surface area contributed by atoms with Crippen molar-refractivity contribution in [1.82, 2.24) is 4.98 Å². The lowest BCUT2D eigenvalue weighted by atomic mass is 10.2. The number of nitrogen functional groups attached to an aromatic ring is 1. The standard InChI is InChI=1S/C14H8Cl3N3OS/c15-6-1-2-8(9(16)3-6)13(21)19-7-4-10(17)12-11(5-7)22-14(18)20-12/h1-5H,(H2,18,20)(H,19,21). The fraction of sp³-hybridized carbons (Fsp3) is 0. The molecule has 1 aromatic heterocycles. The highest BCUT2D eigenvalue weighted by Crippen LogP contribution is 2.33. The largest absolute Gasteiger partial charge is 0.375 e. The minimum atomic E-state index is -0.352. The van der Waals surface area contributed by atoms with Gasteiger partial charge in [-0.15, -0.1) is 0 Å². The van der Waals surface area contributed by atoms with Gasteiger partial charge in [-0.2, -0.15) is 0 Å². The first kappa shape index (κ1) is 15.4. The number of carbonyl (C=O) groups is 1. The van der Waals surface area contributed by atoms with Crippen molar-refractivity contribution >= 4 is 73.1 Å². The van der Waals surface area contributed by atoms with Crippen LogP contribution in [0.5, 0.6) is 0 Å². The average Bonchev–Trinajstić information content (AvgIpc) is 2.79. The highest BCUT2D eigenvalue weighted by molar-refractivity contribution is 7.22. The van der Waals surface area contributed by atoms with Crippen LogP contribution in [0.25, 0.3) is 10.2 Å². The van der Waals surface area contributed by atoms with Gasteiger partial charge in [0.05, 0.1) is 20.3 Å². The number of fused-ring (bicyclic) bond motifs is 1. The number of halogens is 3. The van der Waals surface area contributed by atoms with Crippen LogP contribution in [0.2, 0.25) is 15.1 Å². The van der Waals surface area contributed by atoms with E-state index in [1.165, 1.54) is 17.4 Å². The Morgan fingerprint density at radius 2 is 1.91 bits per heavy atom. The normalized spacial score (nSPS) is 10.9. The van der Waals surface area contributed by atoms with Crippen molar-refractivity contribution in [1.29, 1.82) is 0 Å². The van der Waals surface area contributed by atoms with Gasteiger partial charge in [0.25, 0.3) is 5.91 Å². The maximum atomic E-state index is 12.3. The maximum Gasteiger partial charge on any atom is 0.257 e. The molecule has 8 heteroatoms. The van der Waals surface area contributed by atoms with E-state index in [9.17, 15) is 4.79 Å². The minimum absolute atomic E-state index is 0.277. The number of nitrogens with zero attached hydrogens (tertiary/aromatic N) is 1. The van der Waals surface area contributed by atoms with Crippen LogP contribution in [-0.4, -0.2) is 10.9 Å². The second-order valence-electron chi connectivity index (χ2n) is 4.44. The number of nitrogens with one attached hydrogen (secondary N) is 1. The van der Waals surface area contributed by atoms with Crippen LogP contribution < -0.4 is 11.1 Å². The number of thiazole rings is 1. The Balaban J connectivity index is 1.93. The molecule has 4 nitrogen and oxygen atoms in total. The third-order valence-corrected chi connectivity index (χ3v) is 4.57. The monoisotopic (exact) mass is 371 g/mol. The van der Waals surface area contributed by atoms with Crippen molar-refractivity contribution in [2.45, 2.75) is 0 Å². The molecule has 0 aliphatic heterocycles. The minimum Gasteiger partial charge on any atom is -0.375 e. The van der Waals surface area contributed by atoms with Gasteiger partial charge in [0.1, 0.15) is 5.52 Å². The third-order valence-electron chi connectivity index (χ3n) is 2.90. The van der Waals surface area contributed by atoms with Crippen LogP contribution in [0.4, 0.5) is 10.8 Å². The van der Waals surface area contributed by atoms with Gasteiger partial charge in [0.15, 0.2) is 5.13 Å². The molecule has 0 aliphatic rings. The molecule has 0 aliphatic carbocycles. The van der Waals surface area contributed by atoms with Crippen molar-refractivity contribution in [3.8, 4) is 0 Å². The van der Waals surface area contributed by atoms with E-state index in [4.69, 9.17) is 40.5 Å². The van der Waals surface area contributed by atoms with Crippen LogP contribution in [0.3, 0.4) is 0 Å². The van der Waals surface area contributed by atoms with E-state index >= 15 is 0 Å². The lowest BCUT2D eigenvalue weighted by Crippen LogP contribution is -2.12. The first-order chi connectivity index (χ1) is 10.4. The third kappa shape index (κ3) is 2.98. The summed E-state index contributed by atoms with van der Waals surface area (Å²) < 4.78 is 0.794. The van der Waals surface area contributed by atoms with Gasteiger partial charge in [-0.05, 0) is 30.3 Å². The molecule has 1 heterocycles. The molecule has 22 heavy (non-hydrogen) atoms. The molecule has 0 saturated carbocycles. The molecule has 3 rings (SSSR count).